The van der Waals surface area contributed by atoms with E-state index in [1.54, 1.807) is 24.4 Å². The van der Waals surface area contributed by atoms with Crippen LogP contribution in [0, 0.1) is 6.92 Å². The molecule has 2 N–H and O–H groups in total. The summed E-state index contributed by atoms with van der Waals surface area (Å²) in [5, 5.41) is 3.95. The topological polar surface area (TPSA) is 106 Å². The Labute approximate surface area is 232 Å². The Bertz CT molecular complexity index is 1650. The van der Waals surface area contributed by atoms with E-state index in [4.69, 9.17) is 17.0 Å². The van der Waals surface area contributed by atoms with Crippen molar-refractivity contribution in [3.05, 3.63) is 108 Å². The number of nitrogens with one attached hydrogen (secondary N) is 2. The summed E-state index contributed by atoms with van der Waals surface area (Å²) >= 11 is 5.85. The van der Waals surface area contributed by atoms with Gasteiger partial charge in [-0.25, -0.2) is 13.2 Å². The van der Waals surface area contributed by atoms with E-state index < -0.39 is 16.0 Å². The van der Waals surface area contributed by atoms with Crippen molar-refractivity contribution in [3.63, 3.8) is 0 Å². The summed E-state index contributed by atoms with van der Waals surface area (Å²) in [5.74, 6) is -0.416. The van der Waals surface area contributed by atoms with Gasteiger partial charge in [0.05, 0.1) is 36.4 Å². The highest BCUT2D eigenvalue weighted by Gasteiger charge is 2.42. The molecule has 1 aliphatic heterocycles. The van der Waals surface area contributed by atoms with Gasteiger partial charge in [0.25, 0.3) is 0 Å². The van der Waals surface area contributed by atoms with Crippen LogP contribution in [0.5, 0.6) is 0 Å². The van der Waals surface area contributed by atoms with Crippen LogP contribution in [0.1, 0.15) is 39.4 Å². The fraction of sp³-hybridized carbons (Fsp3) is 0.179. The SMILES string of the molecule is COC(=O)c1cccc(-n2cccc2[C@H]2[C@H](c3ccccn3)NC(=S)N2c2ccc(NS(C)(=O)=O)c(C)c2)c1. The number of hydrogen-bond donors (Lipinski definition) is 2. The summed E-state index contributed by atoms with van der Waals surface area (Å²) in [6.45, 7) is 1.84. The molecule has 200 valence electrons. The molecule has 11 heteroatoms. The minimum atomic E-state index is -3.43. The summed E-state index contributed by atoms with van der Waals surface area (Å²) < 4.78 is 33.1. The molecule has 39 heavy (non-hydrogen) atoms. The van der Waals surface area contributed by atoms with Crippen molar-refractivity contribution >= 4 is 44.7 Å². The van der Waals surface area contributed by atoms with E-state index in [-0.39, 0.29) is 12.1 Å². The van der Waals surface area contributed by atoms with E-state index in [1.807, 2.05) is 77.2 Å². The summed E-state index contributed by atoms with van der Waals surface area (Å²) in [7, 11) is -2.07. The van der Waals surface area contributed by atoms with Gasteiger partial charge in [-0.15, -0.1) is 0 Å². The molecule has 9 nitrogen and oxygen atoms in total. The molecular weight excluding hydrogens is 534 g/mol. The molecule has 3 heterocycles. The Balaban J connectivity index is 1.63. The predicted octanol–water partition coefficient (Wildman–Crippen LogP) is 4.52. The number of sulfonamides is 1. The van der Waals surface area contributed by atoms with Gasteiger partial charge >= 0.3 is 5.97 Å². The van der Waals surface area contributed by atoms with Crippen LogP contribution in [0.3, 0.4) is 0 Å². The van der Waals surface area contributed by atoms with E-state index in [0.29, 0.717) is 16.4 Å². The zero-order chi connectivity index (χ0) is 27.7. The number of nitrogens with zero attached hydrogens (tertiary/aromatic N) is 3. The molecule has 4 aromatic rings. The van der Waals surface area contributed by atoms with Crippen molar-refractivity contribution in [2.45, 2.75) is 19.0 Å². The maximum Gasteiger partial charge on any atom is 0.337 e. The van der Waals surface area contributed by atoms with Gasteiger partial charge in [0.1, 0.15) is 6.04 Å². The van der Waals surface area contributed by atoms with Crippen LogP contribution < -0.4 is 14.9 Å². The first-order valence-corrected chi connectivity index (χ1v) is 14.4. The second-order valence-electron chi connectivity index (χ2n) is 9.22. The van der Waals surface area contributed by atoms with Gasteiger partial charge in [-0.3, -0.25) is 9.71 Å². The summed E-state index contributed by atoms with van der Waals surface area (Å²) in [6, 6.07) is 21.8. The molecule has 1 aliphatic rings. The standard InChI is InChI=1S/C28H27N5O4S2/c1-18-16-21(12-13-22(18)31-39(3,35)36)33-26(25(30-28(33)38)23-10-4-5-14-29-23)24-11-7-15-32(24)20-9-6-8-19(17-20)27(34)37-2/h4-17,25-26,31H,1-3H3,(H,30,38)/t25-,26-/m0/s1. The molecule has 0 bridgehead atoms. The van der Waals surface area contributed by atoms with Gasteiger partial charge < -0.3 is 19.5 Å². The normalized spacial score (nSPS) is 17.1. The number of aryl methyl sites for hydroxylation is 1. The van der Waals surface area contributed by atoms with Gasteiger partial charge in [-0.1, -0.05) is 12.1 Å². The smallest absolute Gasteiger partial charge is 0.337 e. The minimum Gasteiger partial charge on any atom is -0.465 e. The minimum absolute atomic E-state index is 0.287. The summed E-state index contributed by atoms with van der Waals surface area (Å²) in [5.41, 5.74) is 5.01. The van der Waals surface area contributed by atoms with Gasteiger partial charge in [0.15, 0.2) is 5.11 Å². The first-order valence-electron chi connectivity index (χ1n) is 12.1. The summed E-state index contributed by atoms with van der Waals surface area (Å²) in [6.07, 6.45) is 4.80. The van der Waals surface area contributed by atoms with Crippen LogP contribution in [0.2, 0.25) is 0 Å². The molecule has 0 aliphatic carbocycles. The monoisotopic (exact) mass is 561 g/mol. The predicted molar refractivity (Wildman–Crippen MR) is 155 cm³/mol. The van der Waals surface area contributed by atoms with Gasteiger partial charge in [-0.2, -0.15) is 0 Å². The molecule has 0 radical (unpaired) electrons. The van der Waals surface area contributed by atoms with E-state index in [0.717, 1.165) is 34.6 Å². The van der Waals surface area contributed by atoms with Crippen LogP contribution in [-0.4, -0.2) is 42.4 Å². The van der Waals surface area contributed by atoms with Crippen molar-refractivity contribution in [1.82, 2.24) is 14.9 Å². The molecular formula is C28H27N5O4S2. The molecule has 1 fully saturated rings. The van der Waals surface area contributed by atoms with E-state index >= 15 is 0 Å². The first kappa shape index (κ1) is 26.4. The number of hydrogen-bond acceptors (Lipinski definition) is 6. The third kappa shape index (κ3) is 5.36. The largest absolute Gasteiger partial charge is 0.465 e. The molecule has 5 rings (SSSR count). The van der Waals surface area contributed by atoms with Crippen molar-refractivity contribution in [2.75, 3.05) is 23.0 Å². The molecule has 0 unspecified atom stereocenters. The molecule has 2 atom stereocenters. The third-order valence-corrected chi connectivity index (χ3v) is 7.42. The molecule has 1 saturated heterocycles. The Kier molecular flexibility index (Phi) is 7.11. The zero-order valence-corrected chi connectivity index (χ0v) is 23.2. The van der Waals surface area contributed by atoms with Gasteiger partial charge in [-0.05, 0) is 85.4 Å². The lowest BCUT2D eigenvalue weighted by Crippen LogP contribution is -2.30. The van der Waals surface area contributed by atoms with Crippen molar-refractivity contribution in [3.8, 4) is 5.69 Å². The number of carbonyl (C=O) groups is 1. The Morgan fingerprint density at radius 1 is 1.05 bits per heavy atom. The van der Waals surface area contributed by atoms with Crippen molar-refractivity contribution < 1.29 is 17.9 Å². The Morgan fingerprint density at radius 3 is 2.56 bits per heavy atom. The quantitative estimate of drug-likeness (QED) is 0.251. The van der Waals surface area contributed by atoms with Crippen LogP contribution >= 0.6 is 12.2 Å². The average Bonchev–Trinajstić information content (AvgIpc) is 3.53. The fourth-order valence-electron chi connectivity index (χ4n) is 4.82. The first-order chi connectivity index (χ1) is 18.7. The maximum atomic E-state index is 12.2. The number of ether oxygens (including phenoxy) is 1. The van der Waals surface area contributed by atoms with Gasteiger partial charge in [0.2, 0.25) is 10.0 Å². The second-order valence-corrected chi connectivity index (χ2v) is 11.4. The fourth-order valence-corrected chi connectivity index (χ4v) is 5.79. The number of methoxy groups -OCH3 is 1. The van der Waals surface area contributed by atoms with Crippen LogP contribution in [0.4, 0.5) is 11.4 Å². The van der Waals surface area contributed by atoms with E-state index in [9.17, 15) is 13.2 Å². The number of thiocarbonyl (C=S) groups is 1. The van der Waals surface area contributed by atoms with E-state index in [1.165, 1.54) is 7.11 Å². The van der Waals surface area contributed by atoms with Crippen LogP contribution in [0.25, 0.3) is 5.69 Å². The highest BCUT2D eigenvalue weighted by atomic mass is 32.2. The highest BCUT2D eigenvalue weighted by Crippen LogP contribution is 2.43. The summed E-state index contributed by atoms with van der Waals surface area (Å²) in [4.78, 5) is 18.8. The zero-order valence-electron chi connectivity index (χ0n) is 21.5. The number of rotatable bonds is 7. The average molecular weight is 562 g/mol. The van der Waals surface area contributed by atoms with Crippen LogP contribution in [0.15, 0.2) is 85.2 Å². The van der Waals surface area contributed by atoms with E-state index in [2.05, 4.69) is 15.0 Å². The van der Waals surface area contributed by atoms with Crippen molar-refractivity contribution in [1.29, 1.82) is 0 Å². The van der Waals surface area contributed by atoms with Crippen molar-refractivity contribution in [2.24, 2.45) is 0 Å². The highest BCUT2D eigenvalue weighted by molar-refractivity contribution is 7.92. The van der Waals surface area contributed by atoms with Crippen LogP contribution in [-0.2, 0) is 14.8 Å². The number of benzene rings is 2. The maximum absolute atomic E-state index is 12.2. The lowest BCUT2D eigenvalue weighted by atomic mass is 10.00. The molecule has 2 aromatic heterocycles. The number of carbonyl (C=O) groups excluding carboxylic acids is 1. The van der Waals surface area contributed by atoms with Gasteiger partial charge in [0, 0.05) is 29.5 Å². The number of aromatic nitrogens is 2. The number of pyridine rings is 1. The number of esters is 1. The lowest BCUT2D eigenvalue weighted by molar-refractivity contribution is 0.0600. The number of anilines is 2. The molecule has 0 spiro atoms. The second kappa shape index (κ2) is 10.5. The molecule has 2 aromatic carbocycles. The molecule has 0 amide bonds. The Hall–Kier alpha value is -4.22. The Morgan fingerprint density at radius 2 is 1.87 bits per heavy atom. The molecule has 0 saturated carbocycles. The third-order valence-electron chi connectivity index (χ3n) is 6.51. The lowest BCUT2D eigenvalue weighted by Gasteiger charge is -2.29.